The molecule has 6 nitrogen and oxygen atoms in total. The molecule has 0 aromatic carbocycles. The van der Waals surface area contributed by atoms with Gasteiger partial charge in [-0.15, -0.1) is 0 Å². The minimum absolute atomic E-state index is 0.0923. The van der Waals surface area contributed by atoms with Gasteiger partial charge in [-0.3, -0.25) is 9.59 Å². The van der Waals surface area contributed by atoms with Crippen molar-refractivity contribution in [3.63, 3.8) is 0 Å². The zero-order valence-electron chi connectivity index (χ0n) is 9.95. The average Bonchev–Trinajstić information content (AvgIpc) is 2.11. The lowest BCUT2D eigenvalue weighted by Gasteiger charge is -2.19. The predicted octanol–water partition coefficient (Wildman–Crippen LogP) is 1.98. The van der Waals surface area contributed by atoms with Gasteiger partial charge in [0.1, 0.15) is 5.60 Å². The molecule has 17 heavy (non-hydrogen) atoms. The van der Waals surface area contributed by atoms with E-state index in [0.717, 1.165) is 0 Å². The fraction of sp³-hybridized carbons (Fsp3) is 0.700. The van der Waals surface area contributed by atoms with Crippen molar-refractivity contribution >= 4 is 29.0 Å². The van der Waals surface area contributed by atoms with Crippen molar-refractivity contribution < 1.29 is 28.6 Å². The third kappa shape index (κ3) is 11.0. The topological polar surface area (TPSA) is 78.9 Å². The van der Waals surface area contributed by atoms with Crippen molar-refractivity contribution in [2.45, 2.75) is 39.2 Å². The van der Waals surface area contributed by atoms with Gasteiger partial charge in [0.05, 0.1) is 12.8 Å². The molecule has 0 atom stereocenters. The number of hydrogen-bond acceptors (Lipinski definition) is 6. The van der Waals surface area contributed by atoms with E-state index in [2.05, 4.69) is 9.47 Å². The van der Waals surface area contributed by atoms with Crippen LogP contribution in [0.15, 0.2) is 0 Å². The summed E-state index contributed by atoms with van der Waals surface area (Å²) in [5.41, 5.74) is -1.65. The number of carbonyl (C=O) groups excluding carboxylic acids is 3. The van der Waals surface area contributed by atoms with Gasteiger partial charge in [0.2, 0.25) is 6.79 Å². The van der Waals surface area contributed by atoms with Crippen LogP contribution in [0.4, 0.5) is 4.79 Å². The maximum atomic E-state index is 11.2. The Balaban J connectivity index is 3.70. The standard InChI is InChI=1S/C10H15ClO6/c1-10(2,3)17-8(13)5-4-7(12)15-6-16-9(11)14/h4-6H2,1-3H3. The molecule has 0 aromatic rings. The van der Waals surface area contributed by atoms with Crippen LogP contribution in [0, 0.1) is 0 Å². The Bertz CT molecular complexity index is 294. The lowest BCUT2D eigenvalue weighted by Crippen LogP contribution is -2.24. The van der Waals surface area contributed by atoms with Gasteiger partial charge in [-0.25, -0.2) is 4.79 Å². The van der Waals surface area contributed by atoms with E-state index in [4.69, 9.17) is 16.3 Å². The molecule has 98 valence electrons. The Morgan fingerprint density at radius 1 is 1.00 bits per heavy atom. The van der Waals surface area contributed by atoms with Crippen molar-refractivity contribution in [3.8, 4) is 0 Å². The van der Waals surface area contributed by atoms with Crippen LogP contribution in [0.1, 0.15) is 33.6 Å². The Kier molecular flexibility index (Phi) is 6.57. The van der Waals surface area contributed by atoms with Crippen molar-refractivity contribution in [2.75, 3.05) is 6.79 Å². The number of hydrogen-bond donors (Lipinski definition) is 0. The molecule has 0 unspecified atom stereocenters. The third-order valence-corrected chi connectivity index (χ3v) is 1.45. The molecule has 0 fully saturated rings. The van der Waals surface area contributed by atoms with E-state index in [-0.39, 0.29) is 12.8 Å². The highest BCUT2D eigenvalue weighted by Crippen LogP contribution is 2.09. The molecule has 0 spiro atoms. The third-order valence-electron chi connectivity index (χ3n) is 1.35. The number of halogens is 1. The van der Waals surface area contributed by atoms with Gasteiger partial charge in [-0.05, 0) is 20.8 Å². The summed E-state index contributed by atoms with van der Waals surface area (Å²) >= 11 is 4.83. The molecule has 0 aliphatic carbocycles. The number of carbonyl (C=O) groups is 3. The summed E-state index contributed by atoms with van der Waals surface area (Å²) in [4.78, 5) is 32.4. The molecule has 0 aliphatic rings. The Morgan fingerprint density at radius 3 is 2.00 bits per heavy atom. The van der Waals surface area contributed by atoms with Gasteiger partial charge < -0.3 is 14.2 Å². The molecule has 0 aliphatic heterocycles. The molecule has 0 radical (unpaired) electrons. The van der Waals surface area contributed by atoms with Gasteiger partial charge in [-0.1, -0.05) is 0 Å². The minimum atomic E-state index is -1.06. The average molecular weight is 267 g/mol. The highest BCUT2D eigenvalue weighted by atomic mass is 35.5. The molecule has 0 saturated heterocycles. The van der Waals surface area contributed by atoms with Crippen LogP contribution in [0.5, 0.6) is 0 Å². The second-order valence-electron chi connectivity index (χ2n) is 4.10. The van der Waals surface area contributed by atoms with E-state index in [1.165, 1.54) is 0 Å². The van der Waals surface area contributed by atoms with Crippen molar-refractivity contribution in [1.82, 2.24) is 0 Å². The Hall–Kier alpha value is -1.30. The van der Waals surface area contributed by atoms with E-state index in [1.54, 1.807) is 20.8 Å². The molecular formula is C10H15ClO6. The first-order chi connectivity index (χ1) is 7.70. The van der Waals surface area contributed by atoms with Crippen LogP contribution in [0.3, 0.4) is 0 Å². The monoisotopic (exact) mass is 266 g/mol. The maximum absolute atomic E-state index is 11.2. The van der Waals surface area contributed by atoms with Gasteiger partial charge in [0.15, 0.2) is 0 Å². The molecule has 0 N–H and O–H groups in total. The zero-order valence-corrected chi connectivity index (χ0v) is 10.7. The van der Waals surface area contributed by atoms with Crippen molar-refractivity contribution in [2.24, 2.45) is 0 Å². The second-order valence-corrected chi connectivity index (χ2v) is 4.41. The normalized spacial score (nSPS) is 10.6. The number of esters is 2. The molecule has 7 heteroatoms. The summed E-state index contributed by atoms with van der Waals surface area (Å²) in [5.74, 6) is -1.17. The fourth-order valence-electron chi connectivity index (χ4n) is 0.810. The molecule has 0 heterocycles. The van der Waals surface area contributed by atoms with E-state index >= 15 is 0 Å². The Labute approximate surface area is 104 Å². The lowest BCUT2D eigenvalue weighted by atomic mass is 10.2. The zero-order chi connectivity index (χ0) is 13.5. The van der Waals surface area contributed by atoms with Crippen LogP contribution in [0.2, 0.25) is 0 Å². The quantitative estimate of drug-likeness (QED) is 0.430. The molecule has 0 bridgehead atoms. The van der Waals surface area contributed by atoms with Crippen LogP contribution in [-0.4, -0.2) is 29.8 Å². The van der Waals surface area contributed by atoms with Crippen LogP contribution >= 0.6 is 11.6 Å². The molecular weight excluding hydrogens is 252 g/mol. The van der Waals surface area contributed by atoms with E-state index in [9.17, 15) is 14.4 Å². The maximum Gasteiger partial charge on any atom is 0.406 e. The second kappa shape index (κ2) is 7.11. The van der Waals surface area contributed by atoms with E-state index in [0.29, 0.717) is 0 Å². The van der Waals surface area contributed by atoms with Gasteiger partial charge >= 0.3 is 17.4 Å². The lowest BCUT2D eigenvalue weighted by molar-refractivity contribution is -0.160. The summed E-state index contributed by atoms with van der Waals surface area (Å²) in [5, 5.41) is 0. The molecule has 0 rings (SSSR count). The first-order valence-corrected chi connectivity index (χ1v) is 5.28. The fourth-order valence-corrected chi connectivity index (χ4v) is 0.855. The van der Waals surface area contributed by atoms with Gasteiger partial charge in [0.25, 0.3) is 0 Å². The summed E-state index contributed by atoms with van der Waals surface area (Å²) in [7, 11) is 0. The van der Waals surface area contributed by atoms with Crippen molar-refractivity contribution in [3.05, 3.63) is 0 Å². The highest BCUT2D eigenvalue weighted by Gasteiger charge is 2.17. The smallest absolute Gasteiger partial charge is 0.406 e. The summed E-state index contributed by atoms with van der Waals surface area (Å²) in [6.45, 7) is 4.62. The first-order valence-electron chi connectivity index (χ1n) is 4.90. The summed E-state index contributed by atoms with van der Waals surface area (Å²) in [6.07, 6.45) is -0.236. The SMILES string of the molecule is CC(C)(C)OC(=O)CCC(=O)OCOC(=O)Cl. The first kappa shape index (κ1) is 15.7. The number of rotatable bonds is 5. The molecule has 0 saturated carbocycles. The summed E-state index contributed by atoms with van der Waals surface area (Å²) < 4.78 is 13.6. The van der Waals surface area contributed by atoms with Gasteiger partial charge in [0, 0.05) is 11.6 Å². The van der Waals surface area contributed by atoms with Crippen LogP contribution < -0.4 is 0 Å². The largest absolute Gasteiger partial charge is 0.460 e. The highest BCUT2D eigenvalue weighted by molar-refractivity contribution is 6.61. The predicted molar refractivity (Wildman–Crippen MR) is 58.4 cm³/mol. The summed E-state index contributed by atoms with van der Waals surface area (Å²) in [6, 6.07) is 0. The van der Waals surface area contributed by atoms with Crippen LogP contribution in [-0.2, 0) is 23.8 Å². The Morgan fingerprint density at radius 2 is 1.53 bits per heavy atom. The van der Waals surface area contributed by atoms with E-state index in [1.807, 2.05) is 0 Å². The molecule has 0 amide bonds. The molecule has 0 aromatic heterocycles. The number of ether oxygens (including phenoxy) is 3. The van der Waals surface area contributed by atoms with E-state index < -0.39 is 29.8 Å². The van der Waals surface area contributed by atoms with Crippen molar-refractivity contribution in [1.29, 1.82) is 0 Å². The van der Waals surface area contributed by atoms with Crippen LogP contribution in [0.25, 0.3) is 0 Å². The minimum Gasteiger partial charge on any atom is -0.460 e. The van der Waals surface area contributed by atoms with Gasteiger partial charge in [-0.2, -0.15) is 0 Å².